The summed E-state index contributed by atoms with van der Waals surface area (Å²) in [5.74, 6) is -1.01. The molecule has 0 unspecified atom stereocenters. The van der Waals surface area contributed by atoms with E-state index in [-0.39, 0.29) is 4.90 Å². The molecule has 1 aliphatic heterocycles. The number of carbonyl (C=O) groups is 1. The molecule has 0 spiro atoms. The number of halogens is 1. The summed E-state index contributed by atoms with van der Waals surface area (Å²) >= 11 is 7.96. The van der Waals surface area contributed by atoms with Crippen molar-refractivity contribution in [2.24, 2.45) is 0 Å². The van der Waals surface area contributed by atoms with Crippen LogP contribution in [0.3, 0.4) is 0 Å². The van der Waals surface area contributed by atoms with Crippen LogP contribution in [0.25, 0.3) is 10.2 Å². The molecule has 0 bridgehead atoms. The molecule has 10 heteroatoms. The third kappa shape index (κ3) is 5.66. The van der Waals surface area contributed by atoms with Crippen LogP contribution in [-0.2, 0) is 14.6 Å². The minimum Gasteiger partial charge on any atom is -0.354 e. The topological polar surface area (TPSA) is 82.6 Å². The standard InChI is InChI=1S/C23H27ClN4O3S2/c1-16-3-6-18(7-4-16)33(30,31)15-20(29)25-9-10-27-11-13-28(14-12-27)23-26-21-17(2)5-8-19(24)22(21)32-23/h3-8H,9-15H2,1-2H3,(H,25,29). The molecule has 1 N–H and O–H groups in total. The van der Waals surface area contributed by atoms with Gasteiger partial charge in [0, 0.05) is 39.3 Å². The molecule has 0 aliphatic carbocycles. The summed E-state index contributed by atoms with van der Waals surface area (Å²) in [6, 6.07) is 10.4. The first-order valence-electron chi connectivity index (χ1n) is 10.8. The smallest absolute Gasteiger partial charge is 0.235 e. The van der Waals surface area contributed by atoms with Crippen LogP contribution in [0, 0.1) is 13.8 Å². The number of benzene rings is 2. The van der Waals surface area contributed by atoms with E-state index in [9.17, 15) is 13.2 Å². The predicted octanol–water partition coefficient (Wildman–Crippen LogP) is 3.28. The summed E-state index contributed by atoms with van der Waals surface area (Å²) < 4.78 is 25.8. The van der Waals surface area contributed by atoms with E-state index in [1.807, 2.05) is 26.0 Å². The molecule has 0 radical (unpaired) electrons. The fourth-order valence-electron chi connectivity index (χ4n) is 3.79. The maximum Gasteiger partial charge on any atom is 0.235 e. The fraction of sp³-hybridized carbons (Fsp3) is 0.391. The molecule has 0 atom stereocenters. The number of amides is 1. The number of aromatic nitrogens is 1. The highest BCUT2D eigenvalue weighted by atomic mass is 35.5. The number of nitrogens with one attached hydrogen (secondary N) is 1. The van der Waals surface area contributed by atoms with Crippen molar-refractivity contribution in [2.45, 2.75) is 18.7 Å². The summed E-state index contributed by atoms with van der Waals surface area (Å²) in [7, 11) is -3.63. The van der Waals surface area contributed by atoms with E-state index in [1.165, 1.54) is 12.1 Å². The summed E-state index contributed by atoms with van der Waals surface area (Å²) in [6.07, 6.45) is 0. The van der Waals surface area contributed by atoms with Gasteiger partial charge in [0.25, 0.3) is 0 Å². The maximum absolute atomic E-state index is 12.4. The van der Waals surface area contributed by atoms with E-state index in [0.717, 1.165) is 57.7 Å². The number of hydrogen-bond donors (Lipinski definition) is 1. The average Bonchev–Trinajstić information content (AvgIpc) is 3.24. The average molecular weight is 507 g/mol. The number of fused-ring (bicyclic) bond motifs is 1. The fourth-order valence-corrected chi connectivity index (χ4v) is 6.33. The van der Waals surface area contributed by atoms with Gasteiger partial charge in [-0.2, -0.15) is 0 Å². The van der Waals surface area contributed by atoms with E-state index in [2.05, 4.69) is 15.1 Å². The van der Waals surface area contributed by atoms with Crippen LogP contribution in [0.15, 0.2) is 41.3 Å². The largest absolute Gasteiger partial charge is 0.354 e. The number of rotatable bonds is 7. The molecule has 33 heavy (non-hydrogen) atoms. The Hall–Kier alpha value is -2.20. The zero-order chi connectivity index (χ0) is 23.6. The third-order valence-electron chi connectivity index (χ3n) is 5.78. The molecule has 1 saturated heterocycles. The van der Waals surface area contributed by atoms with Gasteiger partial charge >= 0.3 is 0 Å². The second-order valence-corrected chi connectivity index (χ2v) is 11.7. The number of anilines is 1. The lowest BCUT2D eigenvalue weighted by molar-refractivity contribution is -0.118. The highest BCUT2D eigenvalue weighted by molar-refractivity contribution is 7.92. The first kappa shape index (κ1) is 23.9. The van der Waals surface area contributed by atoms with Gasteiger partial charge in [0.2, 0.25) is 5.91 Å². The zero-order valence-corrected chi connectivity index (χ0v) is 21.1. The molecule has 1 aromatic heterocycles. The van der Waals surface area contributed by atoms with Gasteiger partial charge < -0.3 is 10.2 Å². The lowest BCUT2D eigenvalue weighted by Crippen LogP contribution is -2.48. The Labute approximate surface area is 203 Å². The van der Waals surface area contributed by atoms with Gasteiger partial charge in [-0.25, -0.2) is 13.4 Å². The van der Waals surface area contributed by atoms with E-state index in [1.54, 1.807) is 23.5 Å². The molecule has 1 aliphatic rings. The molecule has 1 fully saturated rings. The normalized spacial score (nSPS) is 15.2. The maximum atomic E-state index is 12.4. The minimum atomic E-state index is -3.63. The van der Waals surface area contributed by atoms with E-state index < -0.39 is 21.5 Å². The van der Waals surface area contributed by atoms with E-state index in [4.69, 9.17) is 16.6 Å². The van der Waals surface area contributed by atoms with Gasteiger partial charge in [0.15, 0.2) is 15.0 Å². The molecule has 2 aromatic carbocycles. The molecular weight excluding hydrogens is 480 g/mol. The van der Waals surface area contributed by atoms with Crippen LogP contribution < -0.4 is 10.2 Å². The van der Waals surface area contributed by atoms with Crippen molar-refractivity contribution in [2.75, 3.05) is 49.9 Å². The molecule has 2 heterocycles. The Morgan fingerprint density at radius 2 is 1.79 bits per heavy atom. The van der Waals surface area contributed by atoms with Crippen molar-refractivity contribution in [3.05, 3.63) is 52.5 Å². The van der Waals surface area contributed by atoms with Crippen LogP contribution in [0.1, 0.15) is 11.1 Å². The summed E-state index contributed by atoms with van der Waals surface area (Å²) in [5, 5.41) is 4.46. The molecule has 176 valence electrons. The van der Waals surface area contributed by atoms with Gasteiger partial charge in [-0.15, -0.1) is 0 Å². The van der Waals surface area contributed by atoms with Gasteiger partial charge in [-0.3, -0.25) is 9.69 Å². The van der Waals surface area contributed by atoms with Crippen molar-refractivity contribution in [3.63, 3.8) is 0 Å². The van der Waals surface area contributed by atoms with Gasteiger partial charge in [0.1, 0.15) is 5.75 Å². The molecule has 0 saturated carbocycles. The molecule has 3 aromatic rings. The number of piperazine rings is 1. The van der Waals surface area contributed by atoms with Gasteiger partial charge in [-0.1, -0.05) is 46.7 Å². The van der Waals surface area contributed by atoms with Crippen LogP contribution in [0.5, 0.6) is 0 Å². The summed E-state index contributed by atoms with van der Waals surface area (Å²) in [5.41, 5.74) is 3.06. The molecule has 4 rings (SSSR count). The lowest BCUT2D eigenvalue weighted by Gasteiger charge is -2.34. The number of thiazole rings is 1. The van der Waals surface area contributed by atoms with E-state index >= 15 is 0 Å². The molecule has 1 amide bonds. The van der Waals surface area contributed by atoms with Crippen molar-refractivity contribution >= 4 is 54.0 Å². The Morgan fingerprint density at radius 1 is 1.09 bits per heavy atom. The third-order valence-corrected chi connectivity index (χ3v) is 8.99. The first-order valence-corrected chi connectivity index (χ1v) is 13.7. The second kappa shape index (κ2) is 9.97. The summed E-state index contributed by atoms with van der Waals surface area (Å²) in [6.45, 7) is 8.39. The van der Waals surface area contributed by atoms with Crippen molar-refractivity contribution in [3.8, 4) is 0 Å². The predicted molar refractivity (Wildman–Crippen MR) is 134 cm³/mol. The van der Waals surface area contributed by atoms with Crippen LogP contribution in [-0.4, -0.2) is 69.2 Å². The lowest BCUT2D eigenvalue weighted by atomic mass is 10.2. The number of aryl methyl sites for hydroxylation is 2. The van der Waals surface area contributed by atoms with Crippen molar-refractivity contribution in [1.82, 2.24) is 15.2 Å². The van der Waals surface area contributed by atoms with Gasteiger partial charge in [-0.05, 0) is 37.6 Å². The Balaban J connectivity index is 1.24. The van der Waals surface area contributed by atoms with Crippen LogP contribution >= 0.6 is 22.9 Å². The van der Waals surface area contributed by atoms with Crippen LogP contribution in [0.2, 0.25) is 5.02 Å². The number of hydrogen-bond acceptors (Lipinski definition) is 7. The van der Waals surface area contributed by atoms with Crippen LogP contribution in [0.4, 0.5) is 5.13 Å². The monoisotopic (exact) mass is 506 g/mol. The summed E-state index contributed by atoms with van der Waals surface area (Å²) in [4.78, 5) is 21.7. The second-order valence-electron chi connectivity index (χ2n) is 8.29. The Kier molecular flexibility index (Phi) is 7.23. The quantitative estimate of drug-likeness (QED) is 0.529. The van der Waals surface area contributed by atoms with Crippen molar-refractivity contribution in [1.29, 1.82) is 0 Å². The Morgan fingerprint density at radius 3 is 2.45 bits per heavy atom. The Bertz CT molecular complexity index is 1210. The number of carbonyl (C=O) groups excluding carboxylic acids is 1. The molecule has 7 nitrogen and oxygen atoms in total. The van der Waals surface area contributed by atoms with Gasteiger partial charge in [0.05, 0.1) is 20.1 Å². The highest BCUT2D eigenvalue weighted by Crippen LogP contribution is 2.35. The minimum absolute atomic E-state index is 0.172. The van der Waals surface area contributed by atoms with Crippen molar-refractivity contribution < 1.29 is 13.2 Å². The molecular formula is C23H27ClN4O3S2. The van der Waals surface area contributed by atoms with E-state index in [0.29, 0.717) is 13.1 Å². The number of nitrogens with zero attached hydrogens (tertiary/aromatic N) is 3. The first-order chi connectivity index (χ1) is 15.7. The SMILES string of the molecule is Cc1ccc(S(=O)(=O)CC(=O)NCCN2CCN(c3nc4c(C)ccc(Cl)c4s3)CC2)cc1. The highest BCUT2D eigenvalue weighted by Gasteiger charge is 2.22. The number of sulfone groups is 1. The zero-order valence-electron chi connectivity index (χ0n) is 18.7.